The normalized spacial score (nSPS) is 20.3. The van der Waals surface area contributed by atoms with E-state index in [1.165, 1.54) is 13.0 Å². The summed E-state index contributed by atoms with van der Waals surface area (Å²) in [5.41, 5.74) is -0.0972. The van der Waals surface area contributed by atoms with Gasteiger partial charge in [0.25, 0.3) is 0 Å². The Kier molecular flexibility index (Phi) is 4.20. The average Bonchev–Trinajstić information content (AvgIpc) is 2.38. The second kappa shape index (κ2) is 5.54. The van der Waals surface area contributed by atoms with Gasteiger partial charge < -0.3 is 4.74 Å². The average molecular weight is 290 g/mol. The predicted octanol–water partition coefficient (Wildman–Crippen LogP) is 3.33. The van der Waals surface area contributed by atoms with Crippen molar-refractivity contribution in [3.8, 4) is 0 Å². The fourth-order valence-electron chi connectivity index (χ4n) is 1.93. The van der Waals surface area contributed by atoms with Gasteiger partial charge in [-0.2, -0.15) is 24.9 Å². The minimum absolute atomic E-state index is 0.238. The summed E-state index contributed by atoms with van der Waals surface area (Å²) in [7, 11) is 0. The standard InChI is InChI=1S/C13H13F3O2S/c1-8-6-9(13(14,15)16)2-3-10(8)12(17)11-7-19-5-4-18-11/h2-3,6,11H,4-5,7H2,1H3. The van der Waals surface area contributed by atoms with Crippen molar-refractivity contribution < 1.29 is 22.7 Å². The summed E-state index contributed by atoms with van der Waals surface area (Å²) < 4.78 is 43.0. The number of carbonyl (C=O) groups excluding carboxylic acids is 1. The van der Waals surface area contributed by atoms with Crippen LogP contribution in [0.25, 0.3) is 0 Å². The SMILES string of the molecule is Cc1cc(C(F)(F)F)ccc1C(=O)C1CSCCO1. The first-order valence-corrected chi connectivity index (χ1v) is 6.96. The largest absolute Gasteiger partial charge is 0.416 e. The van der Waals surface area contributed by atoms with Crippen LogP contribution in [0, 0.1) is 6.92 Å². The van der Waals surface area contributed by atoms with Gasteiger partial charge in [-0.1, -0.05) is 6.07 Å². The van der Waals surface area contributed by atoms with Crippen molar-refractivity contribution in [2.75, 3.05) is 18.1 Å². The zero-order chi connectivity index (χ0) is 14.0. The van der Waals surface area contributed by atoms with Crippen molar-refractivity contribution in [1.82, 2.24) is 0 Å². The van der Waals surface area contributed by atoms with E-state index in [-0.39, 0.29) is 5.78 Å². The number of hydrogen-bond donors (Lipinski definition) is 0. The van der Waals surface area contributed by atoms with Gasteiger partial charge in [0.15, 0.2) is 5.78 Å². The third-order valence-corrected chi connectivity index (χ3v) is 3.92. The van der Waals surface area contributed by atoms with Gasteiger partial charge in [-0.25, -0.2) is 0 Å². The molecule has 1 saturated heterocycles. The minimum Gasteiger partial charge on any atom is -0.368 e. The Hall–Kier alpha value is -1.01. The van der Waals surface area contributed by atoms with Crippen LogP contribution in [-0.4, -0.2) is 30.0 Å². The van der Waals surface area contributed by atoms with E-state index in [1.54, 1.807) is 11.8 Å². The molecule has 0 saturated carbocycles. The Morgan fingerprint density at radius 1 is 1.42 bits per heavy atom. The number of halogens is 3. The number of thioether (sulfide) groups is 1. The molecule has 0 bridgehead atoms. The third-order valence-electron chi connectivity index (χ3n) is 2.93. The molecule has 0 radical (unpaired) electrons. The molecule has 0 amide bonds. The fourth-order valence-corrected chi connectivity index (χ4v) is 2.77. The lowest BCUT2D eigenvalue weighted by Crippen LogP contribution is -2.32. The summed E-state index contributed by atoms with van der Waals surface area (Å²) in [6.45, 7) is 2.01. The molecule has 1 fully saturated rings. The van der Waals surface area contributed by atoms with E-state index in [9.17, 15) is 18.0 Å². The van der Waals surface area contributed by atoms with Crippen molar-refractivity contribution in [3.63, 3.8) is 0 Å². The van der Waals surface area contributed by atoms with E-state index in [0.717, 1.165) is 17.9 Å². The lowest BCUT2D eigenvalue weighted by Gasteiger charge is -2.22. The van der Waals surface area contributed by atoms with Gasteiger partial charge in [0, 0.05) is 17.1 Å². The molecule has 2 rings (SSSR count). The first kappa shape index (κ1) is 14.4. The van der Waals surface area contributed by atoms with Gasteiger partial charge in [0.05, 0.1) is 12.2 Å². The molecule has 0 aromatic heterocycles. The highest BCUT2D eigenvalue weighted by Gasteiger charge is 2.32. The first-order valence-electron chi connectivity index (χ1n) is 5.81. The molecule has 1 atom stereocenters. The predicted molar refractivity (Wildman–Crippen MR) is 67.6 cm³/mol. The highest BCUT2D eigenvalue weighted by molar-refractivity contribution is 7.99. The molecule has 104 valence electrons. The van der Waals surface area contributed by atoms with Crippen LogP contribution in [0.3, 0.4) is 0 Å². The fraction of sp³-hybridized carbons (Fsp3) is 0.462. The molecule has 0 aliphatic carbocycles. The van der Waals surface area contributed by atoms with Crippen molar-refractivity contribution in [2.24, 2.45) is 0 Å². The van der Waals surface area contributed by atoms with Gasteiger partial charge in [0.1, 0.15) is 6.10 Å². The van der Waals surface area contributed by atoms with Crippen molar-refractivity contribution in [2.45, 2.75) is 19.2 Å². The molecule has 1 unspecified atom stereocenters. The Bertz CT molecular complexity index is 479. The maximum absolute atomic E-state index is 12.5. The molecule has 1 aromatic carbocycles. The van der Waals surface area contributed by atoms with Crippen molar-refractivity contribution >= 4 is 17.5 Å². The molecule has 6 heteroatoms. The summed E-state index contributed by atoms with van der Waals surface area (Å²) in [6.07, 6.45) is -4.93. The maximum atomic E-state index is 12.5. The van der Waals surface area contributed by atoms with Crippen LogP contribution in [0.1, 0.15) is 21.5 Å². The number of Topliss-reactive ketones (excluding diaryl/α,β-unsaturated/α-hetero) is 1. The van der Waals surface area contributed by atoms with Gasteiger partial charge in [-0.15, -0.1) is 0 Å². The molecule has 0 N–H and O–H groups in total. The van der Waals surface area contributed by atoms with E-state index in [1.807, 2.05) is 0 Å². The van der Waals surface area contributed by atoms with Crippen LogP contribution in [0.15, 0.2) is 18.2 Å². The summed E-state index contributed by atoms with van der Waals surface area (Å²) >= 11 is 1.61. The highest BCUT2D eigenvalue weighted by atomic mass is 32.2. The summed E-state index contributed by atoms with van der Waals surface area (Å²) in [6, 6.07) is 3.18. The van der Waals surface area contributed by atoms with E-state index < -0.39 is 17.8 Å². The van der Waals surface area contributed by atoms with Crippen LogP contribution < -0.4 is 0 Å². The highest BCUT2D eigenvalue weighted by Crippen LogP contribution is 2.31. The van der Waals surface area contributed by atoms with Crippen LogP contribution in [0.4, 0.5) is 13.2 Å². The molecular formula is C13H13F3O2S. The summed E-state index contributed by atoms with van der Waals surface area (Å²) in [5.74, 6) is 1.16. The minimum atomic E-state index is -4.39. The number of benzene rings is 1. The second-order valence-electron chi connectivity index (χ2n) is 4.33. The van der Waals surface area contributed by atoms with Gasteiger partial charge in [-0.05, 0) is 24.6 Å². The number of alkyl halides is 3. The number of carbonyl (C=O) groups is 1. The van der Waals surface area contributed by atoms with Crippen LogP contribution in [0.5, 0.6) is 0 Å². The zero-order valence-electron chi connectivity index (χ0n) is 10.3. The third kappa shape index (κ3) is 3.30. The first-order chi connectivity index (χ1) is 8.89. The quantitative estimate of drug-likeness (QED) is 0.782. The van der Waals surface area contributed by atoms with E-state index in [2.05, 4.69) is 0 Å². The van der Waals surface area contributed by atoms with Gasteiger partial charge in [-0.3, -0.25) is 4.79 Å². The smallest absolute Gasteiger partial charge is 0.368 e. The zero-order valence-corrected chi connectivity index (χ0v) is 11.1. The molecule has 1 aromatic rings. The van der Waals surface area contributed by atoms with Gasteiger partial charge >= 0.3 is 6.18 Å². The Morgan fingerprint density at radius 3 is 2.68 bits per heavy atom. The Morgan fingerprint density at radius 2 is 2.16 bits per heavy atom. The molecule has 1 aliphatic heterocycles. The lowest BCUT2D eigenvalue weighted by molar-refractivity contribution is -0.137. The molecular weight excluding hydrogens is 277 g/mol. The second-order valence-corrected chi connectivity index (χ2v) is 5.48. The van der Waals surface area contributed by atoms with E-state index in [0.29, 0.717) is 23.5 Å². The number of aryl methyl sites for hydroxylation is 1. The number of ketones is 1. The molecule has 0 spiro atoms. The topological polar surface area (TPSA) is 26.3 Å². The monoisotopic (exact) mass is 290 g/mol. The van der Waals surface area contributed by atoms with E-state index >= 15 is 0 Å². The van der Waals surface area contributed by atoms with Crippen LogP contribution in [0.2, 0.25) is 0 Å². The number of ether oxygens (including phenoxy) is 1. The van der Waals surface area contributed by atoms with Gasteiger partial charge in [0.2, 0.25) is 0 Å². The summed E-state index contributed by atoms with van der Waals surface area (Å²) in [5, 5.41) is 0. The Balaban J connectivity index is 2.23. The van der Waals surface area contributed by atoms with E-state index in [4.69, 9.17) is 4.74 Å². The Labute approximate surface area is 113 Å². The molecule has 1 aliphatic rings. The molecule has 2 nitrogen and oxygen atoms in total. The lowest BCUT2D eigenvalue weighted by atomic mass is 9.99. The van der Waals surface area contributed by atoms with Crippen molar-refractivity contribution in [1.29, 1.82) is 0 Å². The summed E-state index contributed by atoms with van der Waals surface area (Å²) in [4.78, 5) is 12.2. The number of rotatable bonds is 2. The van der Waals surface area contributed by atoms with Crippen LogP contribution in [-0.2, 0) is 10.9 Å². The molecule has 1 heterocycles. The number of hydrogen-bond acceptors (Lipinski definition) is 3. The van der Waals surface area contributed by atoms with Crippen molar-refractivity contribution in [3.05, 3.63) is 34.9 Å². The molecule has 19 heavy (non-hydrogen) atoms. The maximum Gasteiger partial charge on any atom is 0.416 e. The van der Waals surface area contributed by atoms with Crippen LogP contribution >= 0.6 is 11.8 Å².